The molecular formula is C15H12ClFN2O3. The minimum absolute atomic E-state index is 0.00126. The van der Waals surface area contributed by atoms with Crippen LogP contribution in [0.3, 0.4) is 0 Å². The first-order valence-corrected chi connectivity index (χ1v) is 6.73. The van der Waals surface area contributed by atoms with E-state index in [9.17, 15) is 14.0 Å². The Balaban J connectivity index is 1.98. The Morgan fingerprint density at radius 3 is 2.59 bits per heavy atom. The summed E-state index contributed by atoms with van der Waals surface area (Å²) in [6.07, 6.45) is 0.387. The highest BCUT2D eigenvalue weighted by Crippen LogP contribution is 2.14. The smallest absolute Gasteiger partial charge is 0.342 e. The van der Waals surface area contributed by atoms with Gasteiger partial charge in [0.2, 0.25) is 0 Å². The predicted octanol–water partition coefficient (Wildman–Crippen LogP) is 3.06. The standard InChI is InChI=1S/C15H12ClFN2O3/c1-9(14(20)19-11-6-4-10(17)5-7-11)22-15(21)12-3-2-8-18-13(12)16/h2-9H,1H3,(H,19,20)/t9-/m0/s1. The third-order valence-corrected chi connectivity index (χ3v) is 3.04. The zero-order valence-electron chi connectivity index (χ0n) is 11.5. The SMILES string of the molecule is C[C@H](OC(=O)c1cccnc1Cl)C(=O)Nc1ccc(F)cc1. The molecule has 0 bridgehead atoms. The van der Waals surface area contributed by atoms with Gasteiger partial charge in [-0.2, -0.15) is 0 Å². The van der Waals surface area contributed by atoms with Crippen LogP contribution in [0.15, 0.2) is 42.6 Å². The number of hydrogen-bond acceptors (Lipinski definition) is 4. The topological polar surface area (TPSA) is 68.3 Å². The zero-order chi connectivity index (χ0) is 16.1. The van der Waals surface area contributed by atoms with Gasteiger partial charge in [0, 0.05) is 11.9 Å². The van der Waals surface area contributed by atoms with E-state index >= 15 is 0 Å². The summed E-state index contributed by atoms with van der Waals surface area (Å²) in [6.45, 7) is 1.42. The first kappa shape index (κ1) is 15.9. The lowest BCUT2D eigenvalue weighted by atomic mass is 10.2. The van der Waals surface area contributed by atoms with Crippen LogP contribution in [0.5, 0.6) is 0 Å². The van der Waals surface area contributed by atoms with Crippen LogP contribution in [0.25, 0.3) is 0 Å². The van der Waals surface area contributed by atoms with Gasteiger partial charge in [0.15, 0.2) is 6.10 Å². The van der Waals surface area contributed by atoms with Crippen molar-refractivity contribution in [1.82, 2.24) is 4.98 Å². The quantitative estimate of drug-likeness (QED) is 0.694. The monoisotopic (exact) mass is 322 g/mol. The molecule has 5 nitrogen and oxygen atoms in total. The molecule has 22 heavy (non-hydrogen) atoms. The average molecular weight is 323 g/mol. The fourth-order valence-corrected chi connectivity index (χ4v) is 1.79. The Morgan fingerprint density at radius 2 is 1.95 bits per heavy atom. The molecule has 0 unspecified atom stereocenters. The molecule has 0 aliphatic heterocycles. The van der Waals surface area contributed by atoms with E-state index in [0.29, 0.717) is 5.69 Å². The van der Waals surface area contributed by atoms with Gasteiger partial charge in [0.1, 0.15) is 11.0 Å². The Kier molecular flexibility index (Phi) is 5.06. The number of carbonyl (C=O) groups excluding carboxylic acids is 2. The zero-order valence-corrected chi connectivity index (χ0v) is 12.3. The van der Waals surface area contributed by atoms with Gasteiger partial charge in [-0.05, 0) is 43.3 Å². The highest BCUT2D eigenvalue weighted by molar-refractivity contribution is 6.32. The minimum atomic E-state index is -1.05. The first-order chi connectivity index (χ1) is 10.5. The van der Waals surface area contributed by atoms with Crippen LogP contribution in [0.2, 0.25) is 5.15 Å². The number of amides is 1. The number of aromatic nitrogens is 1. The Morgan fingerprint density at radius 1 is 1.27 bits per heavy atom. The van der Waals surface area contributed by atoms with E-state index in [1.165, 1.54) is 49.5 Å². The average Bonchev–Trinajstić information content (AvgIpc) is 2.49. The van der Waals surface area contributed by atoms with E-state index in [0.717, 1.165) is 0 Å². The molecule has 0 aliphatic rings. The molecule has 114 valence electrons. The largest absolute Gasteiger partial charge is 0.449 e. The van der Waals surface area contributed by atoms with Crippen molar-refractivity contribution in [2.45, 2.75) is 13.0 Å². The second-order valence-corrected chi connectivity index (χ2v) is 4.74. The molecule has 0 aliphatic carbocycles. The maximum absolute atomic E-state index is 12.8. The van der Waals surface area contributed by atoms with Crippen molar-refractivity contribution in [3.05, 3.63) is 59.1 Å². The molecule has 0 saturated heterocycles. The van der Waals surface area contributed by atoms with Crippen molar-refractivity contribution in [2.24, 2.45) is 0 Å². The summed E-state index contributed by atoms with van der Waals surface area (Å²) in [7, 11) is 0. The molecule has 1 atom stereocenters. The van der Waals surface area contributed by atoms with E-state index < -0.39 is 23.8 Å². The summed E-state index contributed by atoms with van der Waals surface area (Å²) >= 11 is 5.78. The number of carbonyl (C=O) groups is 2. The van der Waals surface area contributed by atoms with Gasteiger partial charge in [0.05, 0.1) is 5.56 Å². The molecule has 0 radical (unpaired) electrons. The van der Waals surface area contributed by atoms with Gasteiger partial charge >= 0.3 is 5.97 Å². The second kappa shape index (κ2) is 7.00. The van der Waals surface area contributed by atoms with Crippen LogP contribution in [0.1, 0.15) is 17.3 Å². The molecule has 0 fully saturated rings. The normalized spacial score (nSPS) is 11.6. The van der Waals surface area contributed by atoms with E-state index in [4.69, 9.17) is 16.3 Å². The van der Waals surface area contributed by atoms with Crippen LogP contribution < -0.4 is 5.32 Å². The number of anilines is 1. The van der Waals surface area contributed by atoms with Crippen molar-refractivity contribution in [1.29, 1.82) is 0 Å². The van der Waals surface area contributed by atoms with Crippen LogP contribution >= 0.6 is 11.6 Å². The van der Waals surface area contributed by atoms with Crippen molar-refractivity contribution in [3.8, 4) is 0 Å². The molecule has 2 aromatic rings. The van der Waals surface area contributed by atoms with Gasteiger partial charge in [0.25, 0.3) is 5.91 Å². The summed E-state index contributed by atoms with van der Waals surface area (Å²) in [5.74, 6) is -1.71. The number of nitrogens with one attached hydrogen (secondary N) is 1. The third-order valence-electron chi connectivity index (χ3n) is 2.74. The van der Waals surface area contributed by atoms with E-state index in [1.54, 1.807) is 0 Å². The van der Waals surface area contributed by atoms with Crippen LogP contribution in [0, 0.1) is 5.82 Å². The van der Waals surface area contributed by atoms with E-state index in [1.807, 2.05) is 0 Å². The number of nitrogens with zero attached hydrogens (tertiary/aromatic N) is 1. The van der Waals surface area contributed by atoms with Crippen LogP contribution in [-0.2, 0) is 9.53 Å². The number of benzene rings is 1. The lowest BCUT2D eigenvalue weighted by Crippen LogP contribution is -2.30. The number of halogens is 2. The Bertz CT molecular complexity index is 691. The predicted molar refractivity (Wildman–Crippen MR) is 79.2 cm³/mol. The highest BCUT2D eigenvalue weighted by Gasteiger charge is 2.20. The number of pyridine rings is 1. The summed E-state index contributed by atoms with van der Waals surface area (Å²) in [5.41, 5.74) is 0.472. The van der Waals surface area contributed by atoms with Crippen molar-refractivity contribution < 1.29 is 18.7 Å². The maximum Gasteiger partial charge on any atom is 0.342 e. The summed E-state index contributed by atoms with van der Waals surface area (Å²) in [5, 5.41) is 2.51. The van der Waals surface area contributed by atoms with Gasteiger partial charge in [-0.1, -0.05) is 11.6 Å². The Hall–Kier alpha value is -2.47. The number of rotatable bonds is 4. The molecule has 1 N–H and O–H groups in total. The van der Waals surface area contributed by atoms with Gasteiger partial charge in [-0.25, -0.2) is 14.2 Å². The summed E-state index contributed by atoms with van der Waals surface area (Å²) in [4.78, 5) is 27.6. The number of hydrogen-bond donors (Lipinski definition) is 1. The van der Waals surface area contributed by atoms with Gasteiger partial charge < -0.3 is 10.1 Å². The third kappa shape index (κ3) is 4.02. The lowest BCUT2D eigenvalue weighted by molar-refractivity contribution is -0.123. The Labute approximate surface area is 131 Å². The fraction of sp³-hybridized carbons (Fsp3) is 0.133. The van der Waals surface area contributed by atoms with Gasteiger partial charge in [-0.15, -0.1) is 0 Å². The molecule has 1 aromatic heterocycles. The van der Waals surface area contributed by atoms with E-state index in [2.05, 4.69) is 10.3 Å². The summed E-state index contributed by atoms with van der Waals surface area (Å²) in [6, 6.07) is 8.21. The molecule has 0 saturated carbocycles. The molecule has 1 amide bonds. The molecule has 2 rings (SSSR count). The molecule has 1 heterocycles. The molecule has 0 spiro atoms. The molecular weight excluding hydrogens is 311 g/mol. The number of esters is 1. The number of ether oxygens (including phenoxy) is 1. The maximum atomic E-state index is 12.8. The van der Waals surface area contributed by atoms with E-state index in [-0.39, 0.29) is 10.7 Å². The highest BCUT2D eigenvalue weighted by atomic mass is 35.5. The lowest BCUT2D eigenvalue weighted by Gasteiger charge is -2.13. The molecule has 1 aromatic carbocycles. The van der Waals surface area contributed by atoms with Crippen molar-refractivity contribution in [2.75, 3.05) is 5.32 Å². The van der Waals surface area contributed by atoms with Gasteiger partial charge in [-0.3, -0.25) is 4.79 Å². The summed E-state index contributed by atoms with van der Waals surface area (Å²) < 4.78 is 17.8. The first-order valence-electron chi connectivity index (χ1n) is 6.35. The minimum Gasteiger partial charge on any atom is -0.449 e. The van der Waals surface area contributed by atoms with Crippen LogP contribution in [-0.4, -0.2) is 23.0 Å². The fourth-order valence-electron chi connectivity index (χ4n) is 1.59. The second-order valence-electron chi connectivity index (χ2n) is 4.39. The molecule has 7 heteroatoms. The van der Waals surface area contributed by atoms with Crippen molar-refractivity contribution >= 4 is 29.2 Å². The van der Waals surface area contributed by atoms with Crippen molar-refractivity contribution in [3.63, 3.8) is 0 Å². The van der Waals surface area contributed by atoms with Crippen LogP contribution in [0.4, 0.5) is 10.1 Å².